The van der Waals surface area contributed by atoms with E-state index in [1.807, 2.05) is 60.7 Å². The molecule has 1 aromatic heterocycles. The van der Waals surface area contributed by atoms with Crippen molar-refractivity contribution in [1.29, 1.82) is 0 Å². The predicted octanol–water partition coefficient (Wildman–Crippen LogP) is 4.08. The molecule has 2 heterocycles. The second-order valence-electron chi connectivity index (χ2n) is 7.55. The molecule has 0 unspecified atom stereocenters. The highest BCUT2D eigenvalue weighted by Gasteiger charge is 2.27. The maximum Gasteiger partial charge on any atom is 0.291 e. The molecule has 3 aromatic carbocycles. The van der Waals surface area contributed by atoms with Crippen molar-refractivity contribution < 1.29 is 23.5 Å². The van der Waals surface area contributed by atoms with Crippen LogP contribution in [-0.2, 0) is 9.53 Å². The number of benzene rings is 3. The smallest absolute Gasteiger partial charge is 0.291 e. The Hall–Kier alpha value is -3.84. The minimum Gasteiger partial charge on any atom is -0.484 e. The van der Waals surface area contributed by atoms with Gasteiger partial charge in [0, 0.05) is 18.5 Å². The third-order valence-electron chi connectivity index (χ3n) is 5.44. The van der Waals surface area contributed by atoms with Crippen LogP contribution >= 0.6 is 0 Å². The van der Waals surface area contributed by atoms with Crippen LogP contribution in [0, 0.1) is 0 Å². The van der Waals surface area contributed by atoms with Gasteiger partial charge in [-0.15, -0.1) is 0 Å². The molecule has 5 rings (SSSR count). The first-order valence-corrected chi connectivity index (χ1v) is 10.5. The summed E-state index contributed by atoms with van der Waals surface area (Å²) in [5.74, 6) is 0.0728. The Balaban J connectivity index is 1.35. The molecule has 0 atom stereocenters. The van der Waals surface area contributed by atoms with E-state index in [0.717, 1.165) is 10.8 Å². The molecule has 1 N–H and O–H groups in total. The standard InChI is InChI=1S/C25H22N2O5/c28-22(16-31-19-10-9-17-5-1-2-6-18(17)15-19)26-23-20-7-3-4-8-21(20)32-24(23)25(29)27-11-13-30-14-12-27/h1-10,15H,11-14,16H2,(H,26,28). The average molecular weight is 430 g/mol. The number of para-hydroxylation sites is 1. The van der Waals surface area contributed by atoms with Gasteiger partial charge in [0.2, 0.25) is 5.76 Å². The summed E-state index contributed by atoms with van der Waals surface area (Å²) in [6, 6.07) is 20.8. The zero-order valence-electron chi connectivity index (χ0n) is 17.4. The minimum atomic E-state index is -0.374. The van der Waals surface area contributed by atoms with Gasteiger partial charge in [0.25, 0.3) is 11.8 Å². The third-order valence-corrected chi connectivity index (χ3v) is 5.44. The highest BCUT2D eigenvalue weighted by atomic mass is 16.5. The van der Waals surface area contributed by atoms with Gasteiger partial charge in [-0.05, 0) is 35.0 Å². The van der Waals surface area contributed by atoms with Crippen LogP contribution in [-0.4, -0.2) is 49.6 Å². The van der Waals surface area contributed by atoms with E-state index < -0.39 is 0 Å². The summed E-state index contributed by atoms with van der Waals surface area (Å²) in [5.41, 5.74) is 0.902. The van der Waals surface area contributed by atoms with Gasteiger partial charge in [0.15, 0.2) is 6.61 Å². The monoisotopic (exact) mass is 430 g/mol. The maximum absolute atomic E-state index is 13.1. The minimum absolute atomic E-state index is 0.118. The van der Waals surface area contributed by atoms with Crippen molar-refractivity contribution in [3.05, 3.63) is 72.5 Å². The summed E-state index contributed by atoms with van der Waals surface area (Å²) in [7, 11) is 0. The summed E-state index contributed by atoms with van der Waals surface area (Å²) in [6.07, 6.45) is 0. The highest BCUT2D eigenvalue weighted by molar-refractivity contribution is 6.11. The van der Waals surface area contributed by atoms with Crippen molar-refractivity contribution in [1.82, 2.24) is 4.90 Å². The molecule has 4 aromatic rings. The summed E-state index contributed by atoms with van der Waals surface area (Å²) >= 11 is 0. The first kappa shape index (κ1) is 20.1. The molecule has 0 aliphatic carbocycles. The van der Waals surface area contributed by atoms with Crippen LogP contribution in [0.5, 0.6) is 5.75 Å². The van der Waals surface area contributed by atoms with E-state index in [1.54, 1.807) is 11.0 Å². The summed E-state index contributed by atoms with van der Waals surface area (Å²) in [6.45, 7) is 1.73. The quantitative estimate of drug-likeness (QED) is 0.516. The highest BCUT2D eigenvalue weighted by Crippen LogP contribution is 2.32. The second-order valence-corrected chi connectivity index (χ2v) is 7.55. The number of furan rings is 1. The second kappa shape index (κ2) is 8.72. The molecule has 7 heteroatoms. The normalized spacial score (nSPS) is 13.9. The van der Waals surface area contributed by atoms with Gasteiger partial charge >= 0.3 is 0 Å². The van der Waals surface area contributed by atoms with Crippen molar-refractivity contribution in [3.8, 4) is 5.75 Å². The fraction of sp³-hybridized carbons (Fsp3) is 0.200. The lowest BCUT2D eigenvalue weighted by Gasteiger charge is -2.26. The molecular weight excluding hydrogens is 408 g/mol. The van der Waals surface area contributed by atoms with E-state index in [9.17, 15) is 9.59 Å². The Morgan fingerprint density at radius 3 is 2.53 bits per heavy atom. The largest absolute Gasteiger partial charge is 0.484 e. The van der Waals surface area contributed by atoms with Crippen LogP contribution in [0.25, 0.3) is 21.7 Å². The lowest BCUT2D eigenvalue weighted by atomic mass is 10.1. The van der Waals surface area contributed by atoms with Crippen LogP contribution in [0.3, 0.4) is 0 Å². The lowest BCUT2D eigenvalue weighted by Crippen LogP contribution is -2.40. The Morgan fingerprint density at radius 2 is 1.69 bits per heavy atom. The topological polar surface area (TPSA) is 81.0 Å². The average Bonchev–Trinajstić information content (AvgIpc) is 3.21. The number of nitrogens with one attached hydrogen (secondary N) is 1. The van der Waals surface area contributed by atoms with Crippen molar-refractivity contribution in [3.63, 3.8) is 0 Å². The molecule has 1 aliphatic heterocycles. The Morgan fingerprint density at radius 1 is 0.938 bits per heavy atom. The molecule has 2 amide bonds. The predicted molar refractivity (Wildman–Crippen MR) is 121 cm³/mol. The van der Waals surface area contributed by atoms with E-state index in [2.05, 4.69) is 5.32 Å². The number of nitrogens with zero attached hydrogens (tertiary/aromatic N) is 1. The number of fused-ring (bicyclic) bond motifs is 2. The van der Waals surface area contributed by atoms with Crippen LogP contribution in [0.15, 0.2) is 71.1 Å². The maximum atomic E-state index is 13.1. The zero-order valence-corrected chi connectivity index (χ0v) is 17.4. The summed E-state index contributed by atoms with van der Waals surface area (Å²) < 4.78 is 16.9. The zero-order chi connectivity index (χ0) is 21.9. The van der Waals surface area contributed by atoms with Crippen molar-refractivity contribution in [2.24, 2.45) is 0 Å². The molecule has 1 saturated heterocycles. The Kier molecular flexibility index (Phi) is 5.47. The van der Waals surface area contributed by atoms with Crippen molar-refractivity contribution in [2.75, 3.05) is 38.2 Å². The number of carbonyl (C=O) groups is 2. The fourth-order valence-corrected chi connectivity index (χ4v) is 3.81. The fourth-order valence-electron chi connectivity index (χ4n) is 3.81. The van der Waals surface area contributed by atoms with Crippen LogP contribution < -0.4 is 10.1 Å². The molecule has 0 spiro atoms. The van der Waals surface area contributed by atoms with Crippen molar-refractivity contribution in [2.45, 2.75) is 0 Å². The lowest BCUT2D eigenvalue weighted by molar-refractivity contribution is -0.118. The summed E-state index contributed by atoms with van der Waals surface area (Å²) in [4.78, 5) is 27.5. The molecule has 0 bridgehead atoms. The number of anilines is 1. The van der Waals surface area contributed by atoms with Gasteiger partial charge < -0.3 is 24.1 Å². The van der Waals surface area contributed by atoms with Gasteiger partial charge in [0.05, 0.1) is 13.2 Å². The van der Waals surface area contributed by atoms with Gasteiger partial charge in [-0.25, -0.2) is 0 Å². The molecule has 7 nitrogen and oxygen atoms in total. The van der Waals surface area contributed by atoms with Crippen molar-refractivity contribution >= 4 is 39.2 Å². The first-order chi connectivity index (χ1) is 15.7. The SMILES string of the molecule is O=C(COc1ccc2ccccc2c1)Nc1c(C(=O)N2CCOCC2)oc2ccccc12. The number of hydrogen-bond donors (Lipinski definition) is 1. The number of carbonyl (C=O) groups excluding carboxylic acids is 2. The number of ether oxygens (including phenoxy) is 2. The molecule has 0 radical (unpaired) electrons. The van der Waals surface area contributed by atoms with E-state index in [-0.39, 0.29) is 24.2 Å². The molecule has 1 fully saturated rings. The third kappa shape index (κ3) is 4.02. The van der Waals surface area contributed by atoms with Gasteiger partial charge in [-0.1, -0.05) is 42.5 Å². The molecule has 0 saturated carbocycles. The van der Waals surface area contributed by atoms with Gasteiger partial charge in [-0.3, -0.25) is 9.59 Å². The number of morpholine rings is 1. The van der Waals surface area contributed by atoms with Gasteiger partial charge in [0.1, 0.15) is 17.0 Å². The molecule has 162 valence electrons. The first-order valence-electron chi connectivity index (χ1n) is 10.5. The van der Waals surface area contributed by atoms with E-state index in [0.29, 0.717) is 48.7 Å². The summed E-state index contributed by atoms with van der Waals surface area (Å²) in [5, 5.41) is 5.62. The van der Waals surface area contributed by atoms with Crippen LogP contribution in [0.2, 0.25) is 0 Å². The number of hydrogen-bond acceptors (Lipinski definition) is 5. The molecule has 32 heavy (non-hydrogen) atoms. The van der Waals surface area contributed by atoms with Crippen LogP contribution in [0.4, 0.5) is 5.69 Å². The van der Waals surface area contributed by atoms with Crippen LogP contribution in [0.1, 0.15) is 10.6 Å². The van der Waals surface area contributed by atoms with E-state index in [4.69, 9.17) is 13.9 Å². The van der Waals surface area contributed by atoms with Gasteiger partial charge in [-0.2, -0.15) is 0 Å². The molecular formula is C25H22N2O5. The number of amides is 2. The Labute approximate surface area is 184 Å². The number of rotatable bonds is 5. The van der Waals surface area contributed by atoms with E-state index >= 15 is 0 Å². The van der Waals surface area contributed by atoms with E-state index in [1.165, 1.54) is 0 Å². The molecule has 1 aliphatic rings. The Bertz CT molecular complexity index is 1290.